The largest absolute Gasteiger partial charge is 0.512 e. The van der Waals surface area contributed by atoms with Crippen molar-refractivity contribution in [1.82, 2.24) is 0 Å². The summed E-state index contributed by atoms with van der Waals surface area (Å²) in [5.74, 6) is -0.776. The summed E-state index contributed by atoms with van der Waals surface area (Å²) in [5, 5.41) is 51.2. The summed E-state index contributed by atoms with van der Waals surface area (Å²) in [6.45, 7) is 17.5. The number of carboxylic acids is 1. The normalized spacial score (nSPS) is 26.4. The van der Waals surface area contributed by atoms with E-state index in [9.17, 15) is 30.0 Å². The molecule has 0 aromatic heterocycles. The highest BCUT2D eigenvalue weighted by atomic mass is 16.5. The van der Waals surface area contributed by atoms with E-state index in [0.717, 1.165) is 25.7 Å². The van der Waals surface area contributed by atoms with Gasteiger partial charge in [-0.25, -0.2) is 0 Å². The quantitative estimate of drug-likeness (QED) is 0.0529. The summed E-state index contributed by atoms with van der Waals surface area (Å²) in [6, 6.07) is 0. The van der Waals surface area contributed by atoms with Crippen LogP contribution in [-0.4, -0.2) is 67.3 Å². The van der Waals surface area contributed by atoms with Crippen LogP contribution in [0.15, 0.2) is 24.0 Å². The number of aliphatic carboxylic acids is 1. The number of allylic oxidation sites excluding steroid dienone is 3. The van der Waals surface area contributed by atoms with Gasteiger partial charge in [0.05, 0.1) is 35.8 Å². The van der Waals surface area contributed by atoms with Crippen molar-refractivity contribution in [2.75, 3.05) is 0 Å². The average Bonchev–Trinajstić information content (AvgIpc) is 3.32. The number of carbonyl (C=O) groups is 2. The number of rotatable bonds is 21. The van der Waals surface area contributed by atoms with Gasteiger partial charge in [-0.3, -0.25) is 9.59 Å². The average molecular weight is 625 g/mol. The molecule has 1 aliphatic rings. The highest BCUT2D eigenvalue weighted by molar-refractivity contribution is 5.91. The molecule has 1 heterocycles. The van der Waals surface area contributed by atoms with Gasteiger partial charge in [0.1, 0.15) is 0 Å². The first kappa shape index (κ1) is 40.3. The molecular weight excluding hydrogens is 560 g/mol. The first-order chi connectivity index (χ1) is 20.4. The zero-order valence-corrected chi connectivity index (χ0v) is 28.9. The number of ketones is 1. The van der Waals surface area contributed by atoms with Gasteiger partial charge in [-0.2, -0.15) is 0 Å². The molecule has 1 aliphatic heterocycles. The van der Waals surface area contributed by atoms with Crippen molar-refractivity contribution in [2.45, 2.75) is 150 Å². The number of aliphatic hydroxyl groups excluding tert-OH is 4. The number of hydrogen-bond acceptors (Lipinski definition) is 7. The third kappa shape index (κ3) is 14.1. The Morgan fingerprint density at radius 2 is 1.50 bits per heavy atom. The third-order valence-corrected chi connectivity index (χ3v) is 9.90. The maximum atomic E-state index is 12.8. The molecule has 0 radical (unpaired) electrons. The van der Waals surface area contributed by atoms with Crippen LogP contribution in [0.1, 0.15) is 120 Å². The molecule has 0 spiro atoms. The molecule has 0 saturated carbocycles. The Kier molecular flexibility index (Phi) is 17.4. The molecule has 0 amide bonds. The van der Waals surface area contributed by atoms with Crippen molar-refractivity contribution in [3.8, 4) is 0 Å². The molecule has 0 aromatic rings. The van der Waals surface area contributed by atoms with Crippen LogP contribution in [0.5, 0.6) is 0 Å². The predicted molar refractivity (Wildman–Crippen MR) is 175 cm³/mol. The lowest BCUT2D eigenvalue weighted by atomic mass is 9.85. The minimum absolute atomic E-state index is 0.0810. The Balaban J connectivity index is 2.49. The number of carbonyl (C=O) groups excluding carboxylic acids is 1. The van der Waals surface area contributed by atoms with Crippen LogP contribution in [0.3, 0.4) is 0 Å². The topological polar surface area (TPSA) is 145 Å². The zero-order valence-electron chi connectivity index (χ0n) is 28.9. The monoisotopic (exact) mass is 624 g/mol. The highest BCUT2D eigenvalue weighted by Gasteiger charge is 2.41. The summed E-state index contributed by atoms with van der Waals surface area (Å²) in [6.07, 6.45) is 9.08. The number of hydrogen-bond donors (Lipinski definition) is 5. The van der Waals surface area contributed by atoms with Crippen LogP contribution < -0.4 is 0 Å². The summed E-state index contributed by atoms with van der Waals surface area (Å²) >= 11 is 0. The fourth-order valence-electron chi connectivity index (χ4n) is 6.49. The zero-order chi connectivity index (χ0) is 33.8. The van der Waals surface area contributed by atoms with Gasteiger partial charge in [0.2, 0.25) is 0 Å². The van der Waals surface area contributed by atoms with E-state index in [-0.39, 0.29) is 65.5 Å². The third-order valence-electron chi connectivity index (χ3n) is 9.90. The lowest BCUT2D eigenvalue weighted by molar-refractivity contribution is -0.137. The molecule has 44 heavy (non-hydrogen) atoms. The molecule has 0 bridgehead atoms. The molecule has 12 atom stereocenters. The van der Waals surface area contributed by atoms with Crippen LogP contribution in [0.25, 0.3) is 0 Å². The second-order valence-corrected chi connectivity index (χ2v) is 14.7. The smallest absolute Gasteiger partial charge is 0.303 e. The molecule has 0 aromatic carbocycles. The van der Waals surface area contributed by atoms with Gasteiger partial charge < -0.3 is 30.3 Å². The standard InChI is InChI=1S/C36H64O8/c1-22(18-26(5)31(38)21-32(39)27(6)19-24(3)17-23(2)13-14-34(41)42)11-10-12-25(4)35(43)28(7)33(40)20-30-15-16-36(9,44-30)29(8)37/h10,12,21-30,33,35,37-38,40,43H,11,13-20H2,1-9H3,(H,41,42)/b12-10+,31-21-/t22-,23-,24-,25-,26-,27-,28+,29+,30+,33-,35+,36-/m0/s1. The lowest BCUT2D eigenvalue weighted by Gasteiger charge is -2.31. The molecule has 0 aliphatic carbocycles. The Bertz CT molecular complexity index is 929. The molecule has 1 rings (SSSR count). The SMILES string of the molecule is C[C@@H](CCC(=O)O)C[C@H](C)C[C@H](C)C(=O)/C=C(\O)[C@@H](C)C[C@@H](C)C/C=C/[C@H](C)[C@@H](O)[C@H](C)[C@@H](O)C[C@H]1CC[C@@](C)([C@@H](C)O)O1. The van der Waals surface area contributed by atoms with E-state index < -0.39 is 29.9 Å². The Morgan fingerprint density at radius 3 is 2.07 bits per heavy atom. The predicted octanol–water partition coefficient (Wildman–Crippen LogP) is 6.86. The van der Waals surface area contributed by atoms with Crippen molar-refractivity contribution in [3.05, 3.63) is 24.0 Å². The van der Waals surface area contributed by atoms with E-state index in [2.05, 4.69) is 13.8 Å². The van der Waals surface area contributed by atoms with Crippen molar-refractivity contribution in [3.63, 3.8) is 0 Å². The maximum Gasteiger partial charge on any atom is 0.303 e. The number of aliphatic hydroxyl groups is 4. The van der Waals surface area contributed by atoms with Crippen molar-refractivity contribution in [2.24, 2.45) is 41.4 Å². The fraction of sp³-hybridized carbons (Fsp3) is 0.833. The second-order valence-electron chi connectivity index (χ2n) is 14.7. The van der Waals surface area contributed by atoms with Crippen molar-refractivity contribution >= 4 is 11.8 Å². The molecular formula is C36H64O8. The Hall–Kier alpha value is -1.74. The van der Waals surface area contributed by atoms with Crippen LogP contribution >= 0.6 is 0 Å². The highest BCUT2D eigenvalue weighted by Crippen LogP contribution is 2.36. The summed E-state index contributed by atoms with van der Waals surface area (Å²) in [5.41, 5.74) is -0.582. The van der Waals surface area contributed by atoms with Gasteiger partial charge in [-0.05, 0) is 83.0 Å². The second kappa shape index (κ2) is 19.0. The van der Waals surface area contributed by atoms with Gasteiger partial charge in [-0.1, -0.05) is 60.6 Å². The summed E-state index contributed by atoms with van der Waals surface area (Å²) in [4.78, 5) is 23.6. The molecule has 0 unspecified atom stereocenters. The molecule has 1 fully saturated rings. The first-order valence-corrected chi connectivity index (χ1v) is 16.9. The van der Waals surface area contributed by atoms with Gasteiger partial charge in [-0.15, -0.1) is 0 Å². The van der Waals surface area contributed by atoms with Crippen LogP contribution in [-0.2, 0) is 14.3 Å². The molecule has 256 valence electrons. The van der Waals surface area contributed by atoms with Gasteiger partial charge >= 0.3 is 5.97 Å². The van der Waals surface area contributed by atoms with Crippen LogP contribution in [0.4, 0.5) is 0 Å². The molecule has 1 saturated heterocycles. The molecule has 8 nitrogen and oxygen atoms in total. The minimum Gasteiger partial charge on any atom is -0.512 e. The van der Waals surface area contributed by atoms with Gasteiger partial charge in [0.15, 0.2) is 5.78 Å². The molecule has 8 heteroatoms. The number of ether oxygens (including phenoxy) is 1. The first-order valence-electron chi connectivity index (χ1n) is 16.9. The summed E-state index contributed by atoms with van der Waals surface area (Å²) < 4.78 is 6.02. The van der Waals surface area contributed by atoms with Crippen molar-refractivity contribution < 1.29 is 39.9 Å². The Morgan fingerprint density at radius 1 is 0.886 bits per heavy atom. The Labute approximate surface area is 267 Å². The summed E-state index contributed by atoms with van der Waals surface area (Å²) in [7, 11) is 0. The van der Waals surface area contributed by atoms with E-state index >= 15 is 0 Å². The van der Waals surface area contributed by atoms with Crippen LogP contribution in [0, 0.1) is 41.4 Å². The van der Waals surface area contributed by atoms with Crippen LogP contribution in [0.2, 0.25) is 0 Å². The van der Waals surface area contributed by atoms with E-state index in [1.54, 1.807) is 6.92 Å². The lowest BCUT2D eigenvalue weighted by Crippen LogP contribution is -2.39. The van der Waals surface area contributed by atoms with E-state index in [1.165, 1.54) is 6.08 Å². The fourth-order valence-corrected chi connectivity index (χ4v) is 6.49. The van der Waals surface area contributed by atoms with Crippen molar-refractivity contribution in [1.29, 1.82) is 0 Å². The number of carboxylic acid groups (broad SMARTS) is 1. The van der Waals surface area contributed by atoms with Gasteiger partial charge in [0.25, 0.3) is 0 Å². The molecule has 5 N–H and O–H groups in total. The van der Waals surface area contributed by atoms with E-state index in [0.29, 0.717) is 25.7 Å². The van der Waals surface area contributed by atoms with E-state index in [1.807, 2.05) is 53.7 Å². The van der Waals surface area contributed by atoms with E-state index in [4.69, 9.17) is 9.84 Å². The maximum absolute atomic E-state index is 12.8. The van der Waals surface area contributed by atoms with Gasteiger partial charge in [0, 0.05) is 36.2 Å². The minimum atomic E-state index is -0.781.